The molecule has 0 unspecified atom stereocenters. The van der Waals surface area contributed by atoms with Gasteiger partial charge in [0.25, 0.3) is 0 Å². The Balaban J connectivity index is 2.33. The van der Waals surface area contributed by atoms with Crippen LogP contribution in [0.2, 0.25) is 5.02 Å². The van der Waals surface area contributed by atoms with Crippen LogP contribution in [0, 0.1) is 6.92 Å². The molecule has 0 bridgehead atoms. The van der Waals surface area contributed by atoms with Gasteiger partial charge in [-0.25, -0.2) is 0 Å². The predicted octanol–water partition coefficient (Wildman–Crippen LogP) is 4.70. The number of aliphatic hydroxyl groups excluding tert-OH is 1. The smallest absolute Gasteiger partial charge is 0.133 e. The number of aryl methyl sites for hydroxylation is 1. The molecule has 0 saturated heterocycles. The molecule has 2 aromatic carbocycles. The van der Waals surface area contributed by atoms with Crippen molar-refractivity contribution in [2.45, 2.75) is 13.5 Å². The lowest BCUT2D eigenvalue weighted by atomic mass is 10.2. The van der Waals surface area contributed by atoms with Gasteiger partial charge in [0.1, 0.15) is 11.5 Å². The number of rotatable bonds is 3. The van der Waals surface area contributed by atoms with E-state index in [-0.39, 0.29) is 6.61 Å². The lowest BCUT2D eigenvalue weighted by Gasteiger charge is -2.12. The summed E-state index contributed by atoms with van der Waals surface area (Å²) in [5.41, 5.74) is 1.69. The van der Waals surface area contributed by atoms with Gasteiger partial charge in [-0.15, -0.1) is 0 Å². The minimum Gasteiger partial charge on any atom is -0.457 e. The maximum absolute atomic E-state index is 9.31. The maximum Gasteiger partial charge on any atom is 0.133 e. The minimum atomic E-state index is -0.0680. The van der Waals surface area contributed by atoms with E-state index in [9.17, 15) is 5.11 Å². The molecule has 0 atom stereocenters. The first-order valence-corrected chi connectivity index (χ1v) is 6.60. The van der Waals surface area contributed by atoms with E-state index < -0.39 is 0 Å². The fourth-order valence-electron chi connectivity index (χ4n) is 1.62. The molecule has 2 rings (SSSR count). The van der Waals surface area contributed by atoms with Crippen LogP contribution < -0.4 is 4.74 Å². The van der Waals surface area contributed by atoms with E-state index in [1.807, 2.05) is 37.3 Å². The first kappa shape index (κ1) is 13.4. The third kappa shape index (κ3) is 3.05. The van der Waals surface area contributed by atoms with Crippen molar-refractivity contribution in [1.29, 1.82) is 0 Å². The molecule has 0 aliphatic rings. The molecule has 1 N–H and O–H groups in total. The van der Waals surface area contributed by atoms with Gasteiger partial charge in [0, 0.05) is 15.1 Å². The molecule has 0 fully saturated rings. The summed E-state index contributed by atoms with van der Waals surface area (Å²) < 4.78 is 6.71. The number of benzene rings is 2. The Bertz CT molecular complexity index is 570. The van der Waals surface area contributed by atoms with Crippen molar-refractivity contribution in [3.63, 3.8) is 0 Å². The largest absolute Gasteiger partial charge is 0.457 e. The summed E-state index contributed by atoms with van der Waals surface area (Å²) in [6, 6.07) is 11.0. The van der Waals surface area contributed by atoms with Crippen molar-refractivity contribution < 1.29 is 9.84 Å². The fraction of sp³-hybridized carbons (Fsp3) is 0.143. The highest BCUT2D eigenvalue weighted by Crippen LogP contribution is 2.31. The van der Waals surface area contributed by atoms with E-state index in [0.717, 1.165) is 21.3 Å². The standard InChI is InChI=1S/C14H12BrClO2/c1-9-6-12(16)3-5-13(9)18-14-4-2-11(15)7-10(14)8-17/h2-7,17H,8H2,1H3. The van der Waals surface area contributed by atoms with Crippen LogP contribution in [-0.4, -0.2) is 5.11 Å². The third-order valence-electron chi connectivity index (χ3n) is 2.55. The van der Waals surface area contributed by atoms with Gasteiger partial charge in [-0.1, -0.05) is 27.5 Å². The number of hydrogen-bond acceptors (Lipinski definition) is 2. The van der Waals surface area contributed by atoms with Crippen LogP contribution in [0.25, 0.3) is 0 Å². The number of halogens is 2. The van der Waals surface area contributed by atoms with Gasteiger partial charge in [-0.2, -0.15) is 0 Å². The zero-order valence-electron chi connectivity index (χ0n) is 9.78. The van der Waals surface area contributed by atoms with E-state index in [2.05, 4.69) is 15.9 Å². The summed E-state index contributed by atoms with van der Waals surface area (Å²) in [5, 5.41) is 9.99. The van der Waals surface area contributed by atoms with Gasteiger partial charge >= 0.3 is 0 Å². The topological polar surface area (TPSA) is 29.5 Å². The molecule has 0 radical (unpaired) electrons. The Labute approximate surface area is 119 Å². The van der Waals surface area contributed by atoms with Crippen LogP contribution in [0.1, 0.15) is 11.1 Å². The van der Waals surface area contributed by atoms with E-state index in [1.165, 1.54) is 0 Å². The van der Waals surface area contributed by atoms with Gasteiger partial charge < -0.3 is 9.84 Å². The summed E-state index contributed by atoms with van der Waals surface area (Å²) >= 11 is 9.26. The SMILES string of the molecule is Cc1cc(Cl)ccc1Oc1ccc(Br)cc1CO. The minimum absolute atomic E-state index is 0.0680. The van der Waals surface area contributed by atoms with Crippen LogP contribution in [0.3, 0.4) is 0 Å². The van der Waals surface area contributed by atoms with Crippen molar-refractivity contribution in [3.8, 4) is 11.5 Å². The molecule has 0 amide bonds. The van der Waals surface area contributed by atoms with Crippen LogP contribution in [0.4, 0.5) is 0 Å². The second kappa shape index (κ2) is 5.74. The van der Waals surface area contributed by atoms with Gasteiger partial charge in [0.15, 0.2) is 0 Å². The second-order valence-corrected chi connectivity index (χ2v) is 5.27. The molecule has 94 valence electrons. The summed E-state index contributed by atoms with van der Waals surface area (Å²) in [5.74, 6) is 1.38. The van der Waals surface area contributed by atoms with E-state index in [0.29, 0.717) is 10.8 Å². The van der Waals surface area contributed by atoms with E-state index in [4.69, 9.17) is 16.3 Å². The summed E-state index contributed by atoms with van der Waals surface area (Å²) in [7, 11) is 0. The predicted molar refractivity (Wildman–Crippen MR) is 76.3 cm³/mol. The lowest BCUT2D eigenvalue weighted by molar-refractivity contribution is 0.276. The molecule has 0 saturated carbocycles. The van der Waals surface area contributed by atoms with Gasteiger partial charge in [-0.3, -0.25) is 0 Å². The molecule has 2 nitrogen and oxygen atoms in total. The van der Waals surface area contributed by atoms with Crippen molar-refractivity contribution in [2.75, 3.05) is 0 Å². The Hall–Kier alpha value is -1.03. The molecule has 0 aromatic heterocycles. The van der Waals surface area contributed by atoms with Crippen molar-refractivity contribution in [3.05, 3.63) is 57.0 Å². The molecule has 0 aliphatic carbocycles. The van der Waals surface area contributed by atoms with Crippen LogP contribution in [0.5, 0.6) is 11.5 Å². The monoisotopic (exact) mass is 326 g/mol. The highest BCUT2D eigenvalue weighted by Gasteiger charge is 2.07. The summed E-state index contributed by atoms with van der Waals surface area (Å²) in [6.07, 6.45) is 0. The highest BCUT2D eigenvalue weighted by atomic mass is 79.9. The third-order valence-corrected chi connectivity index (χ3v) is 3.28. The zero-order valence-corrected chi connectivity index (χ0v) is 12.1. The van der Waals surface area contributed by atoms with Crippen LogP contribution in [0.15, 0.2) is 40.9 Å². The first-order valence-electron chi connectivity index (χ1n) is 5.43. The highest BCUT2D eigenvalue weighted by molar-refractivity contribution is 9.10. The van der Waals surface area contributed by atoms with E-state index in [1.54, 1.807) is 6.07 Å². The quantitative estimate of drug-likeness (QED) is 0.885. The summed E-state index contributed by atoms with van der Waals surface area (Å²) in [6.45, 7) is 1.86. The Morgan fingerprint density at radius 1 is 1.17 bits per heavy atom. The normalized spacial score (nSPS) is 10.4. The average molecular weight is 328 g/mol. The second-order valence-electron chi connectivity index (χ2n) is 3.92. The molecule has 0 heterocycles. The van der Waals surface area contributed by atoms with Crippen LogP contribution >= 0.6 is 27.5 Å². The number of aliphatic hydroxyl groups is 1. The molecular formula is C14H12BrClO2. The van der Waals surface area contributed by atoms with Crippen molar-refractivity contribution >= 4 is 27.5 Å². The Kier molecular flexibility index (Phi) is 4.27. The van der Waals surface area contributed by atoms with Gasteiger partial charge in [0.2, 0.25) is 0 Å². The molecular weight excluding hydrogens is 316 g/mol. The van der Waals surface area contributed by atoms with Crippen LogP contribution in [-0.2, 0) is 6.61 Å². The fourth-order valence-corrected chi connectivity index (χ4v) is 2.25. The Morgan fingerprint density at radius 3 is 2.56 bits per heavy atom. The lowest BCUT2D eigenvalue weighted by Crippen LogP contribution is -1.93. The molecule has 0 spiro atoms. The van der Waals surface area contributed by atoms with Gasteiger partial charge in [-0.05, 0) is 48.9 Å². The molecule has 18 heavy (non-hydrogen) atoms. The van der Waals surface area contributed by atoms with Crippen molar-refractivity contribution in [1.82, 2.24) is 0 Å². The van der Waals surface area contributed by atoms with Crippen molar-refractivity contribution in [2.24, 2.45) is 0 Å². The van der Waals surface area contributed by atoms with Gasteiger partial charge in [0.05, 0.1) is 6.61 Å². The number of hydrogen-bond donors (Lipinski definition) is 1. The molecule has 2 aromatic rings. The van der Waals surface area contributed by atoms with E-state index >= 15 is 0 Å². The molecule has 0 aliphatic heterocycles. The first-order chi connectivity index (χ1) is 8.60. The maximum atomic E-state index is 9.31. The summed E-state index contributed by atoms with van der Waals surface area (Å²) in [4.78, 5) is 0. The molecule has 4 heteroatoms. The average Bonchev–Trinajstić information content (AvgIpc) is 2.34. The Morgan fingerprint density at radius 2 is 1.89 bits per heavy atom. The number of ether oxygens (including phenoxy) is 1. The zero-order chi connectivity index (χ0) is 13.1.